The molecule has 0 spiro atoms. The van der Waals surface area contributed by atoms with Crippen molar-refractivity contribution < 1.29 is 43.1 Å². The third-order valence-corrected chi connectivity index (χ3v) is 8.58. The highest BCUT2D eigenvalue weighted by molar-refractivity contribution is 8.00. The number of hydrogen-bond acceptors (Lipinski definition) is 12. The van der Waals surface area contributed by atoms with Gasteiger partial charge in [0, 0.05) is 30.1 Å². The molecule has 4 heterocycles. The molecule has 0 radical (unpaired) electrons. The first-order valence-corrected chi connectivity index (χ1v) is 13.9. The van der Waals surface area contributed by atoms with Crippen LogP contribution in [-0.2, 0) is 24.0 Å². The molecule has 1 aromatic heterocycles. The van der Waals surface area contributed by atoms with E-state index in [-0.39, 0.29) is 29.0 Å². The Kier molecular flexibility index (Phi) is 9.02. The molecule has 2 fully saturated rings. The summed E-state index contributed by atoms with van der Waals surface area (Å²) in [7, 11) is 0. The Morgan fingerprint density at radius 3 is 2.65 bits per heavy atom. The first-order chi connectivity index (χ1) is 19.0. The molecule has 40 heavy (non-hydrogen) atoms. The molecule has 216 valence electrons. The number of β-lactam (4-membered cyclic amide) rings is 1. The van der Waals surface area contributed by atoms with Crippen molar-refractivity contribution >= 4 is 57.8 Å². The molecule has 18 heteroatoms. The summed E-state index contributed by atoms with van der Waals surface area (Å²) < 4.78 is 16.7. The molecule has 0 bridgehead atoms. The number of primary amides is 1. The number of carbonyl (C=O) groups excluding carboxylic acids is 3. The summed E-state index contributed by atoms with van der Waals surface area (Å²) in [6, 6.07) is -1.09. The molecule has 4 rings (SSSR count). The number of nitrogens with zero attached hydrogens (tertiary/aromatic N) is 5. The largest absolute Gasteiger partial charge is 0.477 e. The van der Waals surface area contributed by atoms with Gasteiger partial charge in [-0.2, -0.15) is 9.36 Å². The number of alkyl halides is 1. The van der Waals surface area contributed by atoms with Crippen molar-refractivity contribution in [1.29, 1.82) is 0 Å². The first-order valence-electron chi connectivity index (χ1n) is 12.1. The Morgan fingerprint density at radius 2 is 2.05 bits per heavy atom. The Balaban J connectivity index is 1.48. The molecular formula is C22H28FN8O7S2+. The van der Waals surface area contributed by atoms with Gasteiger partial charge < -0.3 is 36.3 Å². The highest BCUT2D eigenvalue weighted by Crippen LogP contribution is 2.40. The number of likely N-dealkylation sites (tertiary alicyclic amines) is 1. The van der Waals surface area contributed by atoms with Gasteiger partial charge in [0.1, 0.15) is 17.1 Å². The number of nitrogen functional groups attached to an aromatic ring is 1. The minimum Gasteiger partial charge on any atom is -0.477 e. The number of hydrogen-bond donors (Lipinski definition) is 5. The number of carbonyl (C=O) groups is 4. The molecule has 0 aliphatic carbocycles. The summed E-state index contributed by atoms with van der Waals surface area (Å²) >= 11 is 2.02. The number of carboxylic acids is 1. The zero-order valence-corrected chi connectivity index (χ0v) is 22.7. The number of allylic oxidation sites excluding steroid dienone is 1. The highest BCUT2D eigenvalue weighted by Gasteiger charge is 2.54. The number of nitrogens with two attached hydrogens (primary N) is 2. The van der Waals surface area contributed by atoms with Crippen LogP contribution in [0.5, 0.6) is 0 Å². The van der Waals surface area contributed by atoms with E-state index in [2.05, 4.69) is 24.7 Å². The minimum atomic E-state index is -1.32. The van der Waals surface area contributed by atoms with Gasteiger partial charge >= 0.3 is 5.97 Å². The number of aromatic nitrogens is 2. The summed E-state index contributed by atoms with van der Waals surface area (Å²) in [4.78, 5) is 59.0. The smallest absolute Gasteiger partial charge is 0.352 e. The van der Waals surface area contributed by atoms with Crippen LogP contribution in [0.1, 0.15) is 18.7 Å². The molecule has 0 aromatic carbocycles. The summed E-state index contributed by atoms with van der Waals surface area (Å²) in [5.74, 6) is -3.36. The number of aliphatic hydroxyl groups is 1. The Bertz CT molecular complexity index is 1280. The van der Waals surface area contributed by atoms with Crippen molar-refractivity contribution in [3.05, 3.63) is 29.2 Å². The fraction of sp³-hybridized carbons (Fsp3) is 0.500. The number of amides is 3. The standard InChI is InChI=1S/C22H27FN8O7S2/c23-10-38-28-14(17-27-22(25)40-29-17)18(34)26-15-19(35)30-16(21(36)37)11(9-39-20(15)30)2-1-5-31(8-13(24)33)6-3-12(32)4-7-31/h1-2,12,15,20,32H,3-10H2,(H5-,24,25,26,27,29,33,34,36,37)/p+1/b2-1+,28-14-/t12?,15-,20+,31?/m1/s1. The van der Waals surface area contributed by atoms with Crippen molar-refractivity contribution in [1.82, 2.24) is 19.6 Å². The summed E-state index contributed by atoms with van der Waals surface area (Å²) in [5.41, 5.74) is 10.7. The van der Waals surface area contributed by atoms with Gasteiger partial charge in [-0.15, -0.1) is 11.8 Å². The molecule has 15 nitrogen and oxygen atoms in total. The number of nitrogens with one attached hydrogen (secondary N) is 1. The molecular weight excluding hydrogens is 571 g/mol. The second-order valence-electron chi connectivity index (χ2n) is 9.40. The van der Waals surface area contributed by atoms with E-state index >= 15 is 0 Å². The second kappa shape index (κ2) is 12.3. The van der Waals surface area contributed by atoms with Crippen LogP contribution < -0.4 is 16.8 Å². The molecule has 0 saturated carbocycles. The Morgan fingerprint density at radius 1 is 1.32 bits per heavy atom. The van der Waals surface area contributed by atoms with Crippen molar-refractivity contribution in [2.75, 3.05) is 44.5 Å². The van der Waals surface area contributed by atoms with Crippen molar-refractivity contribution in [2.45, 2.75) is 30.4 Å². The maximum Gasteiger partial charge on any atom is 0.352 e. The molecule has 3 aliphatic rings. The third-order valence-electron chi connectivity index (χ3n) is 6.74. The minimum absolute atomic E-state index is 0.0294. The predicted octanol–water partition coefficient (Wildman–Crippen LogP) is -1.48. The number of carboxylic acid groups (broad SMARTS) is 1. The molecule has 3 aliphatic heterocycles. The fourth-order valence-electron chi connectivity index (χ4n) is 4.84. The van der Waals surface area contributed by atoms with Gasteiger partial charge in [0.2, 0.25) is 11.5 Å². The predicted molar refractivity (Wildman–Crippen MR) is 141 cm³/mol. The van der Waals surface area contributed by atoms with Crippen LogP contribution >= 0.6 is 23.3 Å². The molecule has 2 saturated heterocycles. The SMILES string of the molecule is NC(=O)C[N+]1(C/C=C/C2=C(C(=O)O)N3C(=O)[C@@H](NC(=O)/C(=N\OCF)c4nsc(N)n4)[C@@H]3SC2)CCC(O)CC1. The van der Waals surface area contributed by atoms with E-state index in [1.54, 1.807) is 12.2 Å². The number of oxime groups is 1. The molecule has 7 N–H and O–H groups in total. The van der Waals surface area contributed by atoms with Crippen LogP contribution in [0.2, 0.25) is 0 Å². The molecule has 2 atom stereocenters. The van der Waals surface area contributed by atoms with E-state index in [9.17, 15) is 33.8 Å². The lowest BCUT2D eigenvalue weighted by Crippen LogP contribution is -2.71. The lowest BCUT2D eigenvalue weighted by atomic mass is 10.0. The normalized spacial score (nSPS) is 26.9. The number of aliphatic carboxylic acids is 1. The van der Waals surface area contributed by atoms with E-state index in [4.69, 9.17) is 11.5 Å². The van der Waals surface area contributed by atoms with Crippen LogP contribution in [0.4, 0.5) is 9.52 Å². The molecule has 1 aromatic rings. The lowest BCUT2D eigenvalue weighted by molar-refractivity contribution is -0.920. The van der Waals surface area contributed by atoms with Crippen molar-refractivity contribution in [3.63, 3.8) is 0 Å². The van der Waals surface area contributed by atoms with Crippen LogP contribution in [0.15, 0.2) is 28.6 Å². The summed E-state index contributed by atoms with van der Waals surface area (Å²) in [6.45, 7) is 0.262. The number of quaternary nitrogens is 1. The van der Waals surface area contributed by atoms with Gasteiger partial charge in [-0.25, -0.2) is 9.18 Å². The number of fused-ring (bicyclic) bond motifs is 1. The Hall–Kier alpha value is -3.61. The topological polar surface area (TPSA) is 223 Å². The van der Waals surface area contributed by atoms with Crippen molar-refractivity contribution in [3.8, 4) is 0 Å². The summed E-state index contributed by atoms with van der Waals surface area (Å²) in [6.07, 6.45) is 3.99. The van der Waals surface area contributed by atoms with Crippen LogP contribution in [0.3, 0.4) is 0 Å². The van der Waals surface area contributed by atoms with Crippen LogP contribution in [-0.4, -0.2) is 115 Å². The monoisotopic (exact) mass is 599 g/mol. The zero-order chi connectivity index (χ0) is 29.0. The number of aliphatic hydroxyl groups excluding tert-OH is 1. The highest BCUT2D eigenvalue weighted by atomic mass is 32.2. The lowest BCUT2D eigenvalue weighted by Gasteiger charge is -2.49. The number of rotatable bonds is 11. The average Bonchev–Trinajstić information content (AvgIpc) is 3.34. The average molecular weight is 600 g/mol. The molecule has 3 amide bonds. The van der Waals surface area contributed by atoms with E-state index in [0.29, 0.717) is 42.5 Å². The van der Waals surface area contributed by atoms with Crippen molar-refractivity contribution in [2.24, 2.45) is 10.9 Å². The number of thioether (sulfide) groups is 1. The first kappa shape index (κ1) is 29.4. The van der Waals surface area contributed by atoms with Gasteiger partial charge in [-0.05, 0) is 11.6 Å². The zero-order valence-electron chi connectivity index (χ0n) is 21.1. The fourth-order valence-corrected chi connectivity index (χ4v) is 6.59. The summed E-state index contributed by atoms with van der Waals surface area (Å²) in [5, 5.41) is 25.0. The van der Waals surface area contributed by atoms with Gasteiger partial charge in [-0.1, -0.05) is 11.2 Å². The third kappa shape index (κ3) is 6.24. The van der Waals surface area contributed by atoms with E-state index in [0.717, 1.165) is 16.4 Å². The second-order valence-corrected chi connectivity index (χ2v) is 11.3. The Labute approximate surface area is 235 Å². The van der Waals surface area contributed by atoms with E-state index in [1.165, 1.54) is 11.8 Å². The van der Waals surface area contributed by atoms with Gasteiger partial charge in [0.05, 0.1) is 25.7 Å². The van der Waals surface area contributed by atoms with Gasteiger partial charge in [0.15, 0.2) is 11.7 Å². The van der Waals surface area contributed by atoms with E-state index in [1.807, 2.05) is 0 Å². The van der Waals surface area contributed by atoms with Gasteiger partial charge in [-0.3, -0.25) is 19.3 Å². The van der Waals surface area contributed by atoms with Crippen LogP contribution in [0.25, 0.3) is 0 Å². The maximum absolute atomic E-state index is 13.0. The molecule has 0 unspecified atom stereocenters. The maximum atomic E-state index is 13.0. The number of anilines is 1. The number of piperidine rings is 1. The quantitative estimate of drug-likeness (QED) is 0.0853. The van der Waals surface area contributed by atoms with E-state index < -0.39 is 53.8 Å². The van der Waals surface area contributed by atoms with Crippen LogP contribution in [0, 0.1) is 0 Å². The van der Waals surface area contributed by atoms with Gasteiger partial charge in [0.25, 0.3) is 24.6 Å². The number of halogens is 1.